The summed E-state index contributed by atoms with van der Waals surface area (Å²) in [6.45, 7) is 0.160. The number of nitrogens with zero attached hydrogens (tertiary/aromatic N) is 4. The minimum Gasteiger partial charge on any atom is -0.480 e. The molecule has 0 saturated heterocycles. The lowest BCUT2D eigenvalue weighted by Gasteiger charge is -2.34. The monoisotopic (exact) mass is 428 g/mol. The van der Waals surface area contributed by atoms with Crippen molar-refractivity contribution < 1.29 is 18.3 Å². The van der Waals surface area contributed by atoms with Crippen LogP contribution in [-0.2, 0) is 10.3 Å². The first-order chi connectivity index (χ1) is 15.7. The second kappa shape index (κ2) is 6.91. The van der Waals surface area contributed by atoms with Crippen LogP contribution in [0.15, 0.2) is 72.1 Å². The zero-order valence-electron chi connectivity index (χ0n) is 16.5. The molecule has 0 bridgehead atoms. The van der Waals surface area contributed by atoms with Gasteiger partial charge in [-0.15, -0.1) is 0 Å². The summed E-state index contributed by atoms with van der Waals surface area (Å²) < 4.78 is 41.1. The third kappa shape index (κ3) is 2.69. The van der Waals surface area contributed by atoms with Crippen LogP contribution in [-0.4, -0.2) is 28.2 Å². The summed E-state index contributed by atoms with van der Waals surface area (Å²) in [5, 5.41) is 7.66. The summed E-state index contributed by atoms with van der Waals surface area (Å²) in [7, 11) is 0. The normalized spacial score (nSPS) is 18.1. The number of aliphatic imine (C=N–C) groups is 1. The molecule has 1 atom stereocenters. The van der Waals surface area contributed by atoms with Crippen LogP contribution in [0.1, 0.15) is 11.1 Å². The van der Waals surface area contributed by atoms with Crippen molar-refractivity contribution in [2.75, 3.05) is 6.61 Å². The number of hydrogen-bond acceptors (Lipinski definition) is 6. The predicted molar refractivity (Wildman–Crippen MR) is 112 cm³/mol. The van der Waals surface area contributed by atoms with Gasteiger partial charge in [0, 0.05) is 28.5 Å². The van der Waals surface area contributed by atoms with Crippen molar-refractivity contribution in [3.63, 3.8) is 0 Å². The van der Waals surface area contributed by atoms with Crippen molar-refractivity contribution in [2.24, 2.45) is 4.99 Å². The standard InChI is InChI=1S/C24H14F2N4O2/c25-20-10-16(15-5-7-29-30-11-15)9-19-22(20)32-21-4-3-14(17-2-1-6-27-23(17)26)8-18(21)24(19)12-31-13-28-24/h1-11,13H,12H2/t24-/m0/s1. The SMILES string of the molecule is Fc1cc(-c2ccnnc2)cc2c1Oc1ccc(-c3cccnc3F)cc1[C@@]21COC=N1. The largest absolute Gasteiger partial charge is 0.480 e. The molecular weight excluding hydrogens is 414 g/mol. The van der Waals surface area contributed by atoms with Gasteiger partial charge >= 0.3 is 0 Å². The Morgan fingerprint density at radius 2 is 1.78 bits per heavy atom. The maximum Gasteiger partial charge on any atom is 0.220 e. The number of fused-ring (bicyclic) bond motifs is 4. The molecule has 8 heteroatoms. The van der Waals surface area contributed by atoms with Gasteiger partial charge < -0.3 is 9.47 Å². The third-order valence-electron chi connectivity index (χ3n) is 5.75. The Kier molecular flexibility index (Phi) is 4.01. The average Bonchev–Trinajstić information content (AvgIpc) is 3.31. The van der Waals surface area contributed by atoms with E-state index in [4.69, 9.17) is 9.47 Å². The van der Waals surface area contributed by atoms with Crippen molar-refractivity contribution in [3.8, 4) is 33.8 Å². The second-order valence-corrected chi connectivity index (χ2v) is 7.53. The minimum absolute atomic E-state index is 0.0891. The Labute approximate surface area is 181 Å². The Balaban J connectivity index is 1.57. The molecular formula is C24H14F2N4O2. The molecule has 0 unspecified atom stereocenters. The first-order valence-corrected chi connectivity index (χ1v) is 9.85. The minimum atomic E-state index is -1.03. The molecule has 4 aromatic rings. The van der Waals surface area contributed by atoms with E-state index in [0.29, 0.717) is 39.1 Å². The van der Waals surface area contributed by atoms with Gasteiger partial charge in [0.25, 0.3) is 0 Å². The highest BCUT2D eigenvalue weighted by Crippen LogP contribution is 2.53. The summed E-state index contributed by atoms with van der Waals surface area (Å²) in [5.74, 6) is -0.580. The molecule has 2 aliphatic heterocycles. The average molecular weight is 428 g/mol. The van der Waals surface area contributed by atoms with Crippen LogP contribution >= 0.6 is 0 Å². The van der Waals surface area contributed by atoms with Gasteiger partial charge in [-0.25, -0.2) is 14.4 Å². The van der Waals surface area contributed by atoms with Gasteiger partial charge in [-0.3, -0.25) is 0 Å². The van der Waals surface area contributed by atoms with Gasteiger partial charge in [0.15, 0.2) is 23.5 Å². The number of rotatable bonds is 2. The molecule has 1 spiro atoms. The predicted octanol–water partition coefficient (Wildman–Crippen LogP) is 4.89. The number of benzene rings is 2. The Morgan fingerprint density at radius 3 is 2.56 bits per heavy atom. The van der Waals surface area contributed by atoms with Crippen molar-refractivity contribution in [1.29, 1.82) is 0 Å². The number of halogens is 2. The van der Waals surface area contributed by atoms with Crippen LogP contribution in [0.3, 0.4) is 0 Å². The summed E-state index contributed by atoms with van der Waals surface area (Å²) in [6.07, 6.45) is 5.85. The van der Waals surface area contributed by atoms with Gasteiger partial charge in [-0.1, -0.05) is 6.07 Å². The first-order valence-electron chi connectivity index (χ1n) is 9.85. The summed E-state index contributed by atoms with van der Waals surface area (Å²) in [4.78, 5) is 8.35. The van der Waals surface area contributed by atoms with Crippen LogP contribution in [0, 0.1) is 11.8 Å². The molecule has 0 fully saturated rings. The van der Waals surface area contributed by atoms with E-state index in [-0.39, 0.29) is 12.4 Å². The molecule has 2 aromatic heterocycles. The summed E-state index contributed by atoms with van der Waals surface area (Å²) >= 11 is 0. The fourth-order valence-electron chi connectivity index (χ4n) is 4.22. The molecule has 0 N–H and O–H groups in total. The van der Waals surface area contributed by atoms with Crippen molar-refractivity contribution >= 4 is 6.40 Å². The highest BCUT2D eigenvalue weighted by Gasteiger charge is 2.46. The van der Waals surface area contributed by atoms with Gasteiger partial charge in [-0.05, 0) is 53.6 Å². The molecule has 0 saturated carbocycles. The molecule has 156 valence electrons. The van der Waals surface area contributed by atoms with Crippen LogP contribution < -0.4 is 4.74 Å². The molecule has 4 heterocycles. The molecule has 2 aromatic carbocycles. The molecule has 0 amide bonds. The number of pyridine rings is 1. The van der Waals surface area contributed by atoms with E-state index in [1.54, 1.807) is 48.8 Å². The van der Waals surface area contributed by atoms with Crippen LogP contribution in [0.2, 0.25) is 0 Å². The Hall–Kier alpha value is -4.20. The smallest absolute Gasteiger partial charge is 0.220 e. The van der Waals surface area contributed by atoms with Crippen LogP contribution in [0.5, 0.6) is 11.5 Å². The fraction of sp³-hybridized carbons (Fsp3) is 0.0833. The number of ether oxygens (including phenoxy) is 2. The van der Waals surface area contributed by atoms with Crippen LogP contribution in [0.4, 0.5) is 8.78 Å². The zero-order chi connectivity index (χ0) is 21.7. The Morgan fingerprint density at radius 1 is 0.875 bits per heavy atom. The first kappa shape index (κ1) is 18.6. The van der Waals surface area contributed by atoms with Gasteiger partial charge in [0.05, 0.1) is 12.4 Å². The van der Waals surface area contributed by atoms with E-state index in [0.717, 1.165) is 0 Å². The molecule has 2 aliphatic rings. The summed E-state index contributed by atoms with van der Waals surface area (Å²) in [6, 6.07) is 13.5. The zero-order valence-corrected chi connectivity index (χ0v) is 16.5. The quantitative estimate of drug-likeness (QED) is 0.425. The number of aromatic nitrogens is 3. The fourth-order valence-corrected chi connectivity index (χ4v) is 4.22. The van der Waals surface area contributed by atoms with E-state index < -0.39 is 17.3 Å². The highest BCUT2D eigenvalue weighted by atomic mass is 19.1. The molecule has 6 nitrogen and oxygen atoms in total. The lowest BCUT2D eigenvalue weighted by atomic mass is 9.79. The molecule has 0 aliphatic carbocycles. The second-order valence-electron chi connectivity index (χ2n) is 7.53. The third-order valence-corrected chi connectivity index (χ3v) is 5.75. The molecule has 6 rings (SSSR count). The topological polar surface area (TPSA) is 69.5 Å². The summed E-state index contributed by atoms with van der Waals surface area (Å²) in [5.41, 5.74) is 2.42. The maximum atomic E-state index is 15.2. The van der Waals surface area contributed by atoms with E-state index in [1.807, 2.05) is 6.07 Å². The lowest BCUT2D eigenvalue weighted by Crippen LogP contribution is -2.31. The Bertz CT molecular complexity index is 1390. The molecule has 0 radical (unpaired) electrons. The highest BCUT2D eigenvalue weighted by molar-refractivity contribution is 5.73. The van der Waals surface area contributed by atoms with E-state index in [2.05, 4.69) is 20.2 Å². The van der Waals surface area contributed by atoms with Gasteiger partial charge in [0.2, 0.25) is 5.95 Å². The van der Waals surface area contributed by atoms with E-state index in [9.17, 15) is 4.39 Å². The van der Waals surface area contributed by atoms with Crippen molar-refractivity contribution in [1.82, 2.24) is 15.2 Å². The maximum absolute atomic E-state index is 15.2. The molecule has 32 heavy (non-hydrogen) atoms. The van der Waals surface area contributed by atoms with E-state index in [1.165, 1.54) is 18.7 Å². The van der Waals surface area contributed by atoms with Gasteiger partial charge in [0.1, 0.15) is 12.4 Å². The van der Waals surface area contributed by atoms with Gasteiger partial charge in [-0.2, -0.15) is 14.6 Å². The van der Waals surface area contributed by atoms with Crippen molar-refractivity contribution in [3.05, 3.63) is 90.0 Å². The van der Waals surface area contributed by atoms with Crippen LogP contribution in [0.25, 0.3) is 22.3 Å². The van der Waals surface area contributed by atoms with Crippen molar-refractivity contribution in [2.45, 2.75) is 5.54 Å². The lowest BCUT2D eigenvalue weighted by molar-refractivity contribution is 0.270. The number of hydrogen-bond donors (Lipinski definition) is 0. The van der Waals surface area contributed by atoms with E-state index >= 15 is 4.39 Å².